The quantitative estimate of drug-likeness (QED) is 0.889. The van der Waals surface area contributed by atoms with Crippen LogP contribution in [0.15, 0.2) is 18.2 Å². The fraction of sp³-hybridized carbons (Fsp3) is 0.538. The maximum Gasteiger partial charge on any atom is 0.128 e. The summed E-state index contributed by atoms with van der Waals surface area (Å²) in [7, 11) is 3.56. The Labute approximate surface area is 105 Å². The van der Waals surface area contributed by atoms with Crippen LogP contribution in [0.4, 0.5) is 8.78 Å². The molecule has 0 aliphatic carbocycles. The van der Waals surface area contributed by atoms with E-state index in [1.165, 1.54) is 6.07 Å². The molecule has 100 valence electrons. The van der Waals surface area contributed by atoms with E-state index < -0.39 is 23.1 Å². The summed E-state index contributed by atoms with van der Waals surface area (Å²) in [6.45, 7) is 0.580. The molecule has 1 aromatic rings. The average Bonchev–Trinajstić information content (AvgIpc) is 2.26. The number of benzene rings is 1. The maximum absolute atomic E-state index is 13.9. The monoisotopic (exact) mass is 257 g/mol. The number of hydrogen-bond acceptors (Lipinski definition) is 3. The minimum absolute atomic E-state index is 0.119. The van der Waals surface area contributed by atoms with Crippen LogP contribution in [-0.2, 0) is 4.74 Å². The molecule has 3 nitrogen and oxygen atoms in total. The molecule has 1 atom stereocenters. The number of ether oxygens (including phenoxy) is 1. The van der Waals surface area contributed by atoms with Gasteiger partial charge in [-0.2, -0.15) is 0 Å². The van der Waals surface area contributed by atoms with Gasteiger partial charge < -0.3 is 14.7 Å². The molecule has 1 saturated heterocycles. The fourth-order valence-electron chi connectivity index (χ4n) is 2.58. The van der Waals surface area contributed by atoms with Gasteiger partial charge in [0.25, 0.3) is 0 Å². The van der Waals surface area contributed by atoms with Gasteiger partial charge in [-0.25, -0.2) is 8.78 Å². The van der Waals surface area contributed by atoms with Crippen molar-refractivity contribution >= 4 is 0 Å². The fourth-order valence-corrected chi connectivity index (χ4v) is 2.58. The topological polar surface area (TPSA) is 32.7 Å². The molecule has 1 fully saturated rings. The second-order valence-corrected chi connectivity index (χ2v) is 5.05. The Hall–Kier alpha value is -1.04. The van der Waals surface area contributed by atoms with Crippen LogP contribution in [-0.4, -0.2) is 43.9 Å². The molecule has 1 N–H and O–H groups in total. The zero-order valence-electron chi connectivity index (χ0n) is 10.5. The third-order valence-electron chi connectivity index (χ3n) is 3.44. The minimum Gasteiger partial charge on any atom is -0.396 e. The summed E-state index contributed by atoms with van der Waals surface area (Å²) in [6, 6.07) is 2.99. The highest BCUT2D eigenvalue weighted by atomic mass is 19.1. The Morgan fingerprint density at radius 2 is 2.06 bits per heavy atom. The van der Waals surface area contributed by atoms with E-state index in [0.29, 0.717) is 13.2 Å². The van der Waals surface area contributed by atoms with Crippen molar-refractivity contribution in [2.45, 2.75) is 6.04 Å². The number of halogens is 2. The van der Waals surface area contributed by atoms with Crippen molar-refractivity contribution in [3.63, 3.8) is 0 Å². The van der Waals surface area contributed by atoms with Gasteiger partial charge in [0, 0.05) is 11.6 Å². The van der Waals surface area contributed by atoms with Gasteiger partial charge in [0.2, 0.25) is 0 Å². The summed E-state index contributed by atoms with van der Waals surface area (Å²) in [5, 5.41) is 9.55. The standard InChI is InChI=1S/C13H17F2NO2/c1-16(2)12(13(6-17)7-18-8-13)10-5-9(14)3-4-11(10)15/h3-5,12,17H,6-8H2,1-2H3. The third-order valence-corrected chi connectivity index (χ3v) is 3.44. The summed E-state index contributed by atoms with van der Waals surface area (Å²) in [4.78, 5) is 1.79. The van der Waals surface area contributed by atoms with Crippen molar-refractivity contribution in [1.82, 2.24) is 4.90 Å². The molecule has 1 aliphatic heterocycles. The molecule has 2 rings (SSSR count). The first-order valence-corrected chi connectivity index (χ1v) is 5.80. The summed E-state index contributed by atoms with van der Waals surface area (Å²) >= 11 is 0. The van der Waals surface area contributed by atoms with E-state index in [9.17, 15) is 13.9 Å². The lowest BCUT2D eigenvalue weighted by molar-refractivity contribution is -0.172. The first-order chi connectivity index (χ1) is 8.50. The van der Waals surface area contributed by atoms with Crippen LogP contribution in [0.1, 0.15) is 11.6 Å². The summed E-state index contributed by atoms with van der Waals surface area (Å²) < 4.78 is 32.3. The Bertz CT molecular complexity index is 427. The van der Waals surface area contributed by atoms with Crippen molar-refractivity contribution < 1.29 is 18.6 Å². The molecule has 0 aromatic heterocycles. The highest BCUT2D eigenvalue weighted by molar-refractivity contribution is 5.25. The number of aliphatic hydroxyl groups excluding tert-OH is 1. The molecular formula is C13H17F2NO2. The molecular weight excluding hydrogens is 240 g/mol. The molecule has 5 heteroatoms. The summed E-state index contributed by atoms with van der Waals surface area (Å²) in [6.07, 6.45) is 0. The Balaban J connectivity index is 2.44. The molecule has 1 aromatic carbocycles. The first kappa shape index (κ1) is 13.4. The lowest BCUT2D eigenvalue weighted by Gasteiger charge is -2.48. The largest absolute Gasteiger partial charge is 0.396 e. The van der Waals surface area contributed by atoms with Gasteiger partial charge in [0.05, 0.1) is 25.2 Å². The predicted octanol–water partition coefficient (Wildman–Crippen LogP) is 1.58. The van der Waals surface area contributed by atoms with Crippen molar-refractivity contribution in [3.8, 4) is 0 Å². The highest BCUT2D eigenvalue weighted by Crippen LogP contribution is 2.43. The van der Waals surface area contributed by atoms with Crippen LogP contribution >= 0.6 is 0 Å². The van der Waals surface area contributed by atoms with Crippen molar-refractivity contribution in [1.29, 1.82) is 0 Å². The average molecular weight is 257 g/mol. The van der Waals surface area contributed by atoms with Gasteiger partial charge in [0.1, 0.15) is 11.6 Å². The minimum atomic E-state index is -0.557. The molecule has 18 heavy (non-hydrogen) atoms. The van der Waals surface area contributed by atoms with E-state index >= 15 is 0 Å². The van der Waals surface area contributed by atoms with Gasteiger partial charge in [-0.15, -0.1) is 0 Å². The van der Waals surface area contributed by atoms with E-state index in [2.05, 4.69) is 0 Å². The molecule has 0 radical (unpaired) electrons. The molecule has 1 aliphatic rings. The van der Waals surface area contributed by atoms with Crippen LogP contribution in [0.3, 0.4) is 0 Å². The molecule has 1 unspecified atom stereocenters. The van der Waals surface area contributed by atoms with Crippen LogP contribution in [0.25, 0.3) is 0 Å². The third kappa shape index (κ3) is 2.13. The molecule has 0 amide bonds. The zero-order chi connectivity index (χ0) is 13.3. The second kappa shape index (κ2) is 4.91. The molecule has 0 bridgehead atoms. The summed E-state index contributed by atoms with van der Waals surface area (Å²) in [5.41, 5.74) is -0.296. The van der Waals surface area contributed by atoms with E-state index in [1.807, 2.05) is 0 Å². The van der Waals surface area contributed by atoms with E-state index in [-0.39, 0.29) is 12.2 Å². The number of nitrogens with zero attached hydrogens (tertiary/aromatic N) is 1. The van der Waals surface area contributed by atoms with Crippen LogP contribution in [0.2, 0.25) is 0 Å². The zero-order valence-corrected chi connectivity index (χ0v) is 10.5. The van der Waals surface area contributed by atoms with E-state index in [0.717, 1.165) is 12.1 Å². The van der Waals surface area contributed by atoms with E-state index in [1.54, 1.807) is 19.0 Å². The molecule has 1 heterocycles. The van der Waals surface area contributed by atoms with Gasteiger partial charge >= 0.3 is 0 Å². The van der Waals surface area contributed by atoms with Crippen molar-refractivity contribution in [2.24, 2.45) is 5.41 Å². The lowest BCUT2D eigenvalue weighted by atomic mass is 9.75. The van der Waals surface area contributed by atoms with Crippen LogP contribution in [0.5, 0.6) is 0 Å². The normalized spacial score (nSPS) is 19.7. The highest BCUT2D eigenvalue weighted by Gasteiger charge is 2.48. The van der Waals surface area contributed by atoms with Crippen LogP contribution in [0, 0.1) is 17.0 Å². The number of hydrogen-bond donors (Lipinski definition) is 1. The smallest absolute Gasteiger partial charge is 0.128 e. The Kier molecular flexibility index (Phi) is 3.66. The van der Waals surface area contributed by atoms with Crippen LogP contribution < -0.4 is 0 Å². The van der Waals surface area contributed by atoms with Crippen molar-refractivity contribution in [3.05, 3.63) is 35.4 Å². The SMILES string of the molecule is CN(C)C(c1cc(F)ccc1F)C1(CO)COC1. The number of aliphatic hydroxyl groups is 1. The lowest BCUT2D eigenvalue weighted by Crippen LogP contribution is -2.54. The van der Waals surface area contributed by atoms with Gasteiger partial charge in [-0.05, 0) is 32.3 Å². The van der Waals surface area contributed by atoms with Crippen molar-refractivity contribution in [2.75, 3.05) is 33.9 Å². The predicted molar refractivity (Wildman–Crippen MR) is 63.1 cm³/mol. The van der Waals surface area contributed by atoms with Gasteiger partial charge in [-0.1, -0.05) is 0 Å². The number of rotatable bonds is 4. The molecule has 0 spiro atoms. The Morgan fingerprint density at radius 3 is 2.50 bits per heavy atom. The molecule has 0 saturated carbocycles. The summed E-state index contributed by atoms with van der Waals surface area (Å²) in [5.74, 6) is -0.943. The Morgan fingerprint density at radius 1 is 1.39 bits per heavy atom. The first-order valence-electron chi connectivity index (χ1n) is 5.80. The second-order valence-electron chi connectivity index (χ2n) is 5.05. The van der Waals surface area contributed by atoms with E-state index in [4.69, 9.17) is 4.74 Å². The van der Waals surface area contributed by atoms with Gasteiger partial charge in [-0.3, -0.25) is 0 Å². The van der Waals surface area contributed by atoms with Gasteiger partial charge in [0.15, 0.2) is 0 Å². The maximum atomic E-state index is 13.9.